The van der Waals surface area contributed by atoms with Crippen molar-refractivity contribution in [2.24, 2.45) is 5.92 Å². The van der Waals surface area contributed by atoms with E-state index in [-0.39, 0.29) is 11.9 Å². The van der Waals surface area contributed by atoms with Crippen LogP contribution in [0.2, 0.25) is 0 Å². The highest BCUT2D eigenvalue weighted by atomic mass is 32.1. The number of carbonyl (C=O) groups excluding carboxylic acids is 1. The zero-order valence-electron chi connectivity index (χ0n) is 14.9. The van der Waals surface area contributed by atoms with Crippen molar-refractivity contribution >= 4 is 22.4 Å². The van der Waals surface area contributed by atoms with E-state index < -0.39 is 0 Å². The van der Waals surface area contributed by atoms with Crippen molar-refractivity contribution in [3.63, 3.8) is 0 Å². The van der Waals surface area contributed by atoms with E-state index in [9.17, 15) is 4.79 Å². The summed E-state index contributed by atoms with van der Waals surface area (Å²) in [5.74, 6) is 1.32. The van der Waals surface area contributed by atoms with Crippen molar-refractivity contribution in [3.05, 3.63) is 35.2 Å². The third-order valence-corrected chi connectivity index (χ3v) is 6.30. The van der Waals surface area contributed by atoms with Crippen LogP contribution in [0.15, 0.2) is 29.6 Å². The Kier molecular flexibility index (Phi) is 4.50. The number of anilines is 1. The van der Waals surface area contributed by atoms with Crippen LogP contribution in [0, 0.1) is 5.92 Å². The van der Waals surface area contributed by atoms with Gasteiger partial charge in [-0.2, -0.15) is 0 Å². The molecule has 2 unspecified atom stereocenters. The third kappa shape index (κ3) is 3.43. The van der Waals surface area contributed by atoms with Crippen LogP contribution in [0.4, 0.5) is 5.13 Å². The van der Waals surface area contributed by atoms with Crippen molar-refractivity contribution in [2.75, 3.05) is 18.0 Å². The summed E-state index contributed by atoms with van der Waals surface area (Å²) >= 11 is 1.71. The Labute approximate surface area is 153 Å². The summed E-state index contributed by atoms with van der Waals surface area (Å²) in [6.45, 7) is 6.31. The molecule has 132 valence electrons. The predicted molar refractivity (Wildman–Crippen MR) is 103 cm³/mol. The van der Waals surface area contributed by atoms with Gasteiger partial charge in [-0.15, -0.1) is 11.3 Å². The lowest BCUT2D eigenvalue weighted by atomic mass is 9.99. The number of thiazole rings is 1. The molecule has 5 heteroatoms. The van der Waals surface area contributed by atoms with E-state index in [1.807, 2.05) is 0 Å². The van der Waals surface area contributed by atoms with Crippen LogP contribution < -0.4 is 10.2 Å². The summed E-state index contributed by atoms with van der Waals surface area (Å²) in [6.07, 6.45) is 2.82. The van der Waals surface area contributed by atoms with Gasteiger partial charge in [-0.3, -0.25) is 4.79 Å². The molecular formula is C20H25N3OS. The molecule has 0 bridgehead atoms. The summed E-state index contributed by atoms with van der Waals surface area (Å²) in [5.41, 5.74) is 3.58. The summed E-state index contributed by atoms with van der Waals surface area (Å²) in [7, 11) is 0. The monoisotopic (exact) mass is 355 g/mol. The highest BCUT2D eigenvalue weighted by Gasteiger charge is 2.36. The molecular weight excluding hydrogens is 330 g/mol. The molecule has 2 saturated heterocycles. The zero-order valence-corrected chi connectivity index (χ0v) is 15.7. The minimum absolute atomic E-state index is 0.208. The van der Waals surface area contributed by atoms with Crippen LogP contribution >= 0.6 is 11.3 Å². The van der Waals surface area contributed by atoms with E-state index >= 15 is 0 Å². The van der Waals surface area contributed by atoms with E-state index in [0.717, 1.165) is 36.8 Å². The van der Waals surface area contributed by atoms with Crippen LogP contribution in [-0.2, 0) is 4.79 Å². The van der Waals surface area contributed by atoms with Crippen LogP contribution in [0.25, 0.3) is 11.3 Å². The van der Waals surface area contributed by atoms with Gasteiger partial charge in [0.25, 0.3) is 0 Å². The van der Waals surface area contributed by atoms with Gasteiger partial charge in [-0.05, 0) is 30.2 Å². The van der Waals surface area contributed by atoms with Crippen molar-refractivity contribution < 1.29 is 4.79 Å². The van der Waals surface area contributed by atoms with Gasteiger partial charge in [0.2, 0.25) is 5.91 Å². The standard InChI is InChI=1S/C20H25N3OS/c1-13(2)14-6-8-15(9-7-14)18-12-25-20(22-18)23-10-16-4-3-5-19(24)21-17(16)11-23/h6-9,12-13,16-17H,3-5,10-11H2,1-2H3,(H,21,24). The average Bonchev–Trinajstić information content (AvgIpc) is 3.19. The fourth-order valence-electron chi connectivity index (χ4n) is 3.87. The average molecular weight is 356 g/mol. The second-order valence-electron chi connectivity index (χ2n) is 7.52. The number of carbonyl (C=O) groups is 1. The van der Waals surface area contributed by atoms with Crippen molar-refractivity contribution in [1.29, 1.82) is 0 Å². The lowest BCUT2D eigenvalue weighted by Gasteiger charge is -2.15. The van der Waals surface area contributed by atoms with Gasteiger partial charge in [0.05, 0.1) is 11.7 Å². The number of nitrogens with one attached hydrogen (secondary N) is 1. The molecule has 1 N–H and O–H groups in total. The van der Waals surface area contributed by atoms with E-state index in [2.05, 4.69) is 53.7 Å². The molecule has 0 spiro atoms. The molecule has 2 fully saturated rings. The van der Waals surface area contributed by atoms with E-state index in [1.165, 1.54) is 11.1 Å². The Balaban J connectivity index is 1.49. The van der Waals surface area contributed by atoms with Gasteiger partial charge in [0.15, 0.2) is 5.13 Å². The van der Waals surface area contributed by atoms with E-state index in [4.69, 9.17) is 4.98 Å². The fraction of sp³-hybridized carbons (Fsp3) is 0.500. The fourth-order valence-corrected chi connectivity index (χ4v) is 4.72. The zero-order chi connectivity index (χ0) is 17.4. The molecule has 1 aromatic carbocycles. The van der Waals surface area contributed by atoms with Gasteiger partial charge in [-0.25, -0.2) is 4.98 Å². The molecule has 2 aromatic rings. The minimum Gasteiger partial charge on any atom is -0.351 e. The van der Waals surface area contributed by atoms with Gasteiger partial charge >= 0.3 is 0 Å². The highest BCUT2D eigenvalue weighted by Crippen LogP contribution is 2.33. The smallest absolute Gasteiger partial charge is 0.220 e. The number of aromatic nitrogens is 1. The highest BCUT2D eigenvalue weighted by molar-refractivity contribution is 7.14. The largest absolute Gasteiger partial charge is 0.351 e. The van der Waals surface area contributed by atoms with Gasteiger partial charge in [0, 0.05) is 30.5 Å². The van der Waals surface area contributed by atoms with Gasteiger partial charge < -0.3 is 10.2 Å². The first kappa shape index (κ1) is 16.6. The first-order chi connectivity index (χ1) is 12.1. The number of rotatable bonds is 3. The Bertz CT molecular complexity index is 753. The van der Waals surface area contributed by atoms with Crippen molar-refractivity contribution in [2.45, 2.75) is 45.1 Å². The maximum Gasteiger partial charge on any atom is 0.220 e. The first-order valence-corrected chi connectivity index (χ1v) is 10.1. The van der Waals surface area contributed by atoms with E-state index in [0.29, 0.717) is 18.3 Å². The van der Waals surface area contributed by atoms with E-state index in [1.54, 1.807) is 11.3 Å². The number of fused-ring (bicyclic) bond motifs is 1. The predicted octanol–water partition coefficient (Wildman–Crippen LogP) is 4.04. The molecule has 4 rings (SSSR count). The number of hydrogen-bond acceptors (Lipinski definition) is 4. The number of hydrogen-bond donors (Lipinski definition) is 1. The molecule has 3 heterocycles. The van der Waals surface area contributed by atoms with Crippen LogP contribution in [-0.4, -0.2) is 30.0 Å². The van der Waals surface area contributed by atoms with Gasteiger partial charge in [0.1, 0.15) is 0 Å². The molecule has 25 heavy (non-hydrogen) atoms. The quantitative estimate of drug-likeness (QED) is 0.904. The normalized spacial score (nSPS) is 23.5. The Morgan fingerprint density at radius 3 is 2.80 bits per heavy atom. The summed E-state index contributed by atoms with van der Waals surface area (Å²) in [4.78, 5) is 19.0. The molecule has 0 radical (unpaired) electrons. The lowest BCUT2D eigenvalue weighted by Crippen LogP contribution is -2.38. The number of benzene rings is 1. The molecule has 0 saturated carbocycles. The summed E-state index contributed by atoms with van der Waals surface area (Å²) < 4.78 is 0. The Morgan fingerprint density at radius 2 is 2.04 bits per heavy atom. The molecule has 2 aliphatic rings. The van der Waals surface area contributed by atoms with Crippen molar-refractivity contribution in [3.8, 4) is 11.3 Å². The second kappa shape index (κ2) is 6.79. The lowest BCUT2D eigenvalue weighted by molar-refractivity contribution is -0.121. The summed E-state index contributed by atoms with van der Waals surface area (Å²) in [6, 6.07) is 9.02. The SMILES string of the molecule is CC(C)c1ccc(-c2csc(N3CC4CCCC(=O)NC4C3)n2)cc1. The Morgan fingerprint density at radius 1 is 1.24 bits per heavy atom. The first-order valence-electron chi connectivity index (χ1n) is 9.20. The van der Waals surface area contributed by atoms with Gasteiger partial charge in [-0.1, -0.05) is 38.1 Å². The molecule has 1 aromatic heterocycles. The van der Waals surface area contributed by atoms with Crippen LogP contribution in [0.5, 0.6) is 0 Å². The maximum atomic E-state index is 11.8. The number of nitrogens with zero attached hydrogens (tertiary/aromatic N) is 2. The molecule has 4 nitrogen and oxygen atoms in total. The topological polar surface area (TPSA) is 45.2 Å². The molecule has 0 aliphatic carbocycles. The minimum atomic E-state index is 0.208. The summed E-state index contributed by atoms with van der Waals surface area (Å²) in [5, 5.41) is 6.41. The van der Waals surface area contributed by atoms with Crippen molar-refractivity contribution in [1.82, 2.24) is 10.3 Å². The molecule has 2 atom stereocenters. The molecule has 2 aliphatic heterocycles. The molecule has 1 amide bonds. The maximum absolute atomic E-state index is 11.8. The van der Waals surface area contributed by atoms with Crippen LogP contribution in [0.3, 0.4) is 0 Å². The number of amides is 1. The Hall–Kier alpha value is -1.88. The van der Waals surface area contributed by atoms with Crippen LogP contribution in [0.1, 0.15) is 44.6 Å². The second-order valence-corrected chi connectivity index (χ2v) is 8.36. The third-order valence-electron chi connectivity index (χ3n) is 5.40.